The van der Waals surface area contributed by atoms with Gasteiger partial charge in [-0.25, -0.2) is 4.79 Å². The van der Waals surface area contributed by atoms with Gasteiger partial charge in [-0.05, 0) is 81.5 Å². The second-order valence-corrected chi connectivity index (χ2v) is 11.8. The summed E-state index contributed by atoms with van der Waals surface area (Å²) in [5, 5.41) is 2.15. The number of fused-ring (bicyclic) bond motifs is 1. The molecule has 33 heavy (non-hydrogen) atoms. The van der Waals surface area contributed by atoms with E-state index in [-0.39, 0.29) is 34.7 Å². The molecule has 0 radical (unpaired) electrons. The first-order valence-electron chi connectivity index (χ1n) is 12.3. The molecule has 178 valence electrons. The zero-order chi connectivity index (χ0) is 24.0. The predicted octanol–water partition coefficient (Wildman–Crippen LogP) is 6.84. The van der Waals surface area contributed by atoms with Crippen LogP contribution in [-0.2, 0) is 20.7 Å². The summed E-state index contributed by atoms with van der Waals surface area (Å²) in [4.78, 5) is 19.8. The highest BCUT2D eigenvalue weighted by Crippen LogP contribution is 2.51. The highest BCUT2D eigenvalue weighted by molar-refractivity contribution is 5.89. The van der Waals surface area contributed by atoms with Gasteiger partial charge in [-0.15, -0.1) is 0 Å². The van der Waals surface area contributed by atoms with Crippen LogP contribution in [0.15, 0.2) is 54.6 Å². The number of carbonyl (C=O) groups excluding carboxylic acids is 1. The van der Waals surface area contributed by atoms with Crippen LogP contribution in [0, 0.1) is 11.3 Å². The molecular formula is C29H39NO3. The Kier molecular flexibility index (Phi) is 6.22. The molecule has 0 bridgehead atoms. The zero-order valence-corrected chi connectivity index (χ0v) is 21.2. The summed E-state index contributed by atoms with van der Waals surface area (Å²) in [6.45, 7) is 15.7. The van der Waals surface area contributed by atoms with Crippen LogP contribution in [0.2, 0.25) is 0 Å². The van der Waals surface area contributed by atoms with Crippen LogP contribution < -0.4 is 0 Å². The molecule has 3 atom stereocenters. The molecule has 4 nitrogen and oxygen atoms in total. The SMILES string of the molecule is CC(C)(C)[C@@H]1CC[C@@H](ON2C(C)(C)c3ccccc3C2(C)C)[C@@H](OC(=O)c2ccccc2)C1. The smallest absolute Gasteiger partial charge is 0.338 e. The fourth-order valence-electron chi connectivity index (χ4n) is 5.78. The van der Waals surface area contributed by atoms with E-state index in [9.17, 15) is 4.79 Å². The van der Waals surface area contributed by atoms with Crippen molar-refractivity contribution in [1.82, 2.24) is 5.06 Å². The molecule has 2 aromatic carbocycles. The molecule has 1 aliphatic heterocycles. The molecule has 1 heterocycles. The summed E-state index contributed by atoms with van der Waals surface area (Å²) in [6.07, 6.45) is 2.28. The third kappa shape index (κ3) is 4.48. The van der Waals surface area contributed by atoms with E-state index < -0.39 is 0 Å². The number of hydroxylamine groups is 2. The molecular weight excluding hydrogens is 410 g/mol. The van der Waals surface area contributed by atoms with Crippen LogP contribution in [-0.4, -0.2) is 23.2 Å². The molecule has 0 spiro atoms. The Morgan fingerprint density at radius 2 is 1.39 bits per heavy atom. The van der Waals surface area contributed by atoms with E-state index in [2.05, 4.69) is 77.8 Å². The maximum absolute atomic E-state index is 13.0. The lowest BCUT2D eigenvalue weighted by Gasteiger charge is -2.46. The van der Waals surface area contributed by atoms with Crippen molar-refractivity contribution in [1.29, 1.82) is 0 Å². The maximum Gasteiger partial charge on any atom is 0.338 e. The van der Waals surface area contributed by atoms with Crippen molar-refractivity contribution in [2.45, 2.75) is 91.0 Å². The average molecular weight is 450 g/mol. The van der Waals surface area contributed by atoms with Crippen molar-refractivity contribution >= 4 is 5.97 Å². The summed E-state index contributed by atoms with van der Waals surface area (Å²) >= 11 is 0. The molecule has 2 aliphatic rings. The number of ether oxygens (including phenoxy) is 1. The Bertz CT molecular complexity index is 954. The summed E-state index contributed by atoms with van der Waals surface area (Å²) in [7, 11) is 0. The second-order valence-electron chi connectivity index (χ2n) is 11.8. The fraction of sp³-hybridized carbons (Fsp3) is 0.552. The Hall–Kier alpha value is -2.17. The number of benzene rings is 2. The van der Waals surface area contributed by atoms with Gasteiger partial charge in [0, 0.05) is 0 Å². The molecule has 4 heteroatoms. The lowest BCUT2D eigenvalue weighted by atomic mass is 9.71. The van der Waals surface area contributed by atoms with Gasteiger partial charge in [0.2, 0.25) is 0 Å². The van der Waals surface area contributed by atoms with E-state index in [0.29, 0.717) is 11.5 Å². The summed E-state index contributed by atoms with van der Waals surface area (Å²) in [6, 6.07) is 17.9. The Morgan fingerprint density at radius 1 is 0.848 bits per heavy atom. The largest absolute Gasteiger partial charge is 0.456 e. The number of hydrogen-bond acceptors (Lipinski definition) is 4. The highest BCUT2D eigenvalue weighted by atomic mass is 16.7. The third-order valence-corrected chi connectivity index (χ3v) is 7.73. The molecule has 1 fully saturated rings. The zero-order valence-electron chi connectivity index (χ0n) is 21.2. The summed E-state index contributed by atoms with van der Waals surface area (Å²) in [5.74, 6) is 0.203. The van der Waals surface area contributed by atoms with Crippen LogP contribution in [0.5, 0.6) is 0 Å². The first-order valence-corrected chi connectivity index (χ1v) is 12.3. The molecule has 0 N–H and O–H groups in total. The van der Waals surface area contributed by atoms with E-state index in [4.69, 9.17) is 9.57 Å². The maximum atomic E-state index is 13.0. The van der Waals surface area contributed by atoms with Crippen LogP contribution in [0.3, 0.4) is 0 Å². The van der Waals surface area contributed by atoms with E-state index in [1.807, 2.05) is 30.3 Å². The van der Waals surface area contributed by atoms with Crippen LogP contribution >= 0.6 is 0 Å². The molecule has 1 saturated carbocycles. The number of esters is 1. The average Bonchev–Trinajstić information content (AvgIpc) is 2.92. The minimum absolute atomic E-state index is 0.158. The van der Waals surface area contributed by atoms with Crippen molar-refractivity contribution in [3.8, 4) is 0 Å². The van der Waals surface area contributed by atoms with E-state index in [1.54, 1.807) is 0 Å². The van der Waals surface area contributed by atoms with Gasteiger partial charge in [0.1, 0.15) is 12.2 Å². The first kappa shape index (κ1) is 24.0. The van der Waals surface area contributed by atoms with E-state index in [0.717, 1.165) is 19.3 Å². The highest BCUT2D eigenvalue weighted by Gasteiger charge is 2.52. The lowest BCUT2D eigenvalue weighted by Crippen LogP contribution is -2.52. The van der Waals surface area contributed by atoms with Crippen molar-refractivity contribution in [3.63, 3.8) is 0 Å². The van der Waals surface area contributed by atoms with Gasteiger partial charge in [-0.3, -0.25) is 4.84 Å². The summed E-state index contributed by atoms with van der Waals surface area (Å²) in [5.41, 5.74) is 2.75. The quantitative estimate of drug-likeness (QED) is 0.479. The second kappa shape index (κ2) is 8.56. The van der Waals surface area contributed by atoms with Gasteiger partial charge < -0.3 is 4.74 Å². The topological polar surface area (TPSA) is 38.8 Å². The van der Waals surface area contributed by atoms with Gasteiger partial charge in [-0.1, -0.05) is 63.2 Å². The van der Waals surface area contributed by atoms with Gasteiger partial charge in [-0.2, -0.15) is 5.06 Å². The van der Waals surface area contributed by atoms with Crippen LogP contribution in [0.1, 0.15) is 89.2 Å². The van der Waals surface area contributed by atoms with Gasteiger partial charge in [0.05, 0.1) is 16.6 Å². The Balaban J connectivity index is 1.60. The fourth-order valence-corrected chi connectivity index (χ4v) is 5.78. The van der Waals surface area contributed by atoms with Crippen molar-refractivity contribution in [2.24, 2.45) is 11.3 Å². The van der Waals surface area contributed by atoms with E-state index in [1.165, 1.54) is 11.1 Å². The molecule has 1 aliphatic carbocycles. The Labute approximate surface area is 199 Å². The van der Waals surface area contributed by atoms with Crippen molar-refractivity contribution in [2.75, 3.05) is 0 Å². The van der Waals surface area contributed by atoms with Crippen LogP contribution in [0.4, 0.5) is 0 Å². The normalized spacial score (nSPS) is 26.6. The Morgan fingerprint density at radius 3 is 1.94 bits per heavy atom. The molecule has 0 unspecified atom stereocenters. The molecule has 0 saturated heterocycles. The number of nitrogens with zero attached hydrogens (tertiary/aromatic N) is 1. The van der Waals surface area contributed by atoms with Crippen molar-refractivity contribution in [3.05, 3.63) is 71.3 Å². The molecule has 2 aromatic rings. The van der Waals surface area contributed by atoms with E-state index >= 15 is 0 Å². The summed E-state index contributed by atoms with van der Waals surface area (Å²) < 4.78 is 6.15. The minimum Gasteiger partial charge on any atom is -0.456 e. The molecule has 0 amide bonds. The van der Waals surface area contributed by atoms with Gasteiger partial charge in [0.15, 0.2) is 0 Å². The molecule has 4 rings (SSSR count). The number of rotatable bonds is 4. The number of hydrogen-bond donors (Lipinski definition) is 0. The monoisotopic (exact) mass is 449 g/mol. The molecule has 0 aromatic heterocycles. The lowest BCUT2D eigenvalue weighted by molar-refractivity contribution is -0.308. The van der Waals surface area contributed by atoms with Gasteiger partial charge >= 0.3 is 5.97 Å². The van der Waals surface area contributed by atoms with Gasteiger partial charge in [0.25, 0.3) is 0 Å². The van der Waals surface area contributed by atoms with Crippen LogP contribution in [0.25, 0.3) is 0 Å². The predicted molar refractivity (Wildman–Crippen MR) is 132 cm³/mol. The number of carbonyl (C=O) groups is 1. The van der Waals surface area contributed by atoms with Crippen molar-refractivity contribution < 1.29 is 14.4 Å². The standard InChI is InChI=1S/C29H39NO3/c1-27(2,3)21-17-18-24(25(19-21)32-26(31)20-13-9-8-10-14-20)33-30-28(4,5)22-15-11-12-16-23(22)29(30,6)7/h8-16,21,24-25H,17-19H2,1-7H3/t21-,24-,25+/m1/s1. The third-order valence-electron chi connectivity index (χ3n) is 7.73. The first-order chi connectivity index (χ1) is 15.4. The minimum atomic E-state index is -0.286.